The Morgan fingerprint density at radius 1 is 1.29 bits per heavy atom. The van der Waals surface area contributed by atoms with Crippen molar-refractivity contribution in [1.29, 1.82) is 0 Å². The predicted molar refractivity (Wildman–Crippen MR) is 105 cm³/mol. The largest absolute Gasteiger partial charge is 0.547 e. The van der Waals surface area contributed by atoms with E-state index in [1.807, 2.05) is 37.9 Å². The van der Waals surface area contributed by atoms with Gasteiger partial charge in [-0.2, -0.15) is 4.58 Å². The minimum Gasteiger partial charge on any atom is -0.430 e. The molecule has 1 saturated heterocycles. The lowest BCUT2D eigenvalue weighted by Crippen LogP contribution is -2.58. The van der Waals surface area contributed by atoms with Crippen LogP contribution in [-0.4, -0.2) is 55.2 Å². The molecule has 28 heavy (non-hydrogen) atoms. The van der Waals surface area contributed by atoms with E-state index in [-0.39, 0.29) is 23.5 Å². The van der Waals surface area contributed by atoms with Crippen LogP contribution in [0.5, 0.6) is 0 Å². The smallest absolute Gasteiger partial charge is 0.430 e. The van der Waals surface area contributed by atoms with Gasteiger partial charge in [0.05, 0.1) is 30.4 Å². The summed E-state index contributed by atoms with van der Waals surface area (Å²) in [5, 5.41) is 21.6. The van der Waals surface area contributed by atoms with Crippen LogP contribution in [0.25, 0.3) is 11.3 Å². The van der Waals surface area contributed by atoms with Gasteiger partial charge in [0, 0.05) is 11.5 Å². The Kier molecular flexibility index (Phi) is 3.69. The highest BCUT2D eigenvalue weighted by Crippen LogP contribution is 2.54. The zero-order valence-electron chi connectivity index (χ0n) is 16.7. The van der Waals surface area contributed by atoms with Gasteiger partial charge in [-0.25, -0.2) is 4.98 Å². The van der Waals surface area contributed by atoms with E-state index in [9.17, 15) is 10.2 Å². The number of benzene rings is 1. The zero-order valence-corrected chi connectivity index (χ0v) is 16.7. The van der Waals surface area contributed by atoms with Crippen molar-refractivity contribution in [2.75, 3.05) is 13.1 Å². The van der Waals surface area contributed by atoms with E-state index < -0.39 is 11.7 Å². The molecule has 3 heterocycles. The van der Waals surface area contributed by atoms with Gasteiger partial charge in [0.2, 0.25) is 0 Å². The molecule has 2 fully saturated rings. The molecule has 0 radical (unpaired) electrons. The van der Waals surface area contributed by atoms with Crippen LogP contribution in [0, 0.1) is 11.3 Å². The first-order valence-electron chi connectivity index (χ1n) is 10.1. The number of aliphatic hydroxyl groups is 2. The van der Waals surface area contributed by atoms with Gasteiger partial charge >= 0.3 is 6.08 Å². The molecule has 2 aliphatic heterocycles. The monoisotopic (exact) mass is 382 g/mol. The second-order valence-electron chi connectivity index (χ2n) is 9.58. The second-order valence-corrected chi connectivity index (χ2v) is 9.58. The van der Waals surface area contributed by atoms with Crippen LogP contribution in [0.3, 0.4) is 0 Å². The Hall–Kier alpha value is -2.34. The van der Waals surface area contributed by atoms with Crippen LogP contribution in [-0.2, 0) is 4.74 Å². The van der Waals surface area contributed by atoms with E-state index in [2.05, 4.69) is 33.8 Å². The van der Waals surface area contributed by atoms with Crippen LogP contribution >= 0.6 is 0 Å². The minimum absolute atomic E-state index is 0.0307. The van der Waals surface area contributed by atoms with Crippen LogP contribution in [0.1, 0.15) is 45.2 Å². The summed E-state index contributed by atoms with van der Waals surface area (Å²) < 4.78 is 9.65. The van der Waals surface area contributed by atoms with Crippen LogP contribution < -0.4 is 0 Å². The zero-order chi connectivity index (χ0) is 19.7. The molecule has 1 saturated carbocycles. The molecule has 3 aliphatic rings. The fourth-order valence-corrected chi connectivity index (χ4v) is 5.39. The first-order valence-corrected chi connectivity index (χ1v) is 10.1. The van der Waals surface area contributed by atoms with Gasteiger partial charge < -0.3 is 19.5 Å². The molecule has 1 aliphatic carbocycles. The highest BCUT2D eigenvalue weighted by molar-refractivity contribution is 5.69. The number of ether oxygens (including phenoxy) is 1. The number of fused-ring (bicyclic) bond motifs is 3. The molecule has 0 amide bonds. The van der Waals surface area contributed by atoms with Gasteiger partial charge in [-0.05, 0) is 39.2 Å². The first-order chi connectivity index (χ1) is 13.3. The molecule has 2 aromatic rings. The maximum absolute atomic E-state index is 11.3. The van der Waals surface area contributed by atoms with E-state index >= 15 is 0 Å². The van der Waals surface area contributed by atoms with E-state index in [1.54, 1.807) is 0 Å². The molecule has 6 heteroatoms. The molecule has 1 aromatic carbocycles. The average Bonchev–Trinajstić information content (AvgIpc) is 3.25. The molecular weight excluding hydrogens is 354 g/mol. The summed E-state index contributed by atoms with van der Waals surface area (Å²) in [7, 11) is 0. The molecule has 5 rings (SSSR count). The van der Waals surface area contributed by atoms with Crippen LogP contribution in [0.2, 0.25) is 0 Å². The van der Waals surface area contributed by atoms with Crippen molar-refractivity contribution in [3.05, 3.63) is 42.4 Å². The average molecular weight is 382 g/mol. The van der Waals surface area contributed by atoms with Crippen molar-refractivity contribution in [1.82, 2.24) is 9.55 Å². The summed E-state index contributed by atoms with van der Waals surface area (Å²) in [6, 6.07) is 8.57. The Morgan fingerprint density at radius 3 is 2.79 bits per heavy atom. The van der Waals surface area contributed by atoms with Crippen molar-refractivity contribution in [3.63, 3.8) is 0 Å². The Labute approximate surface area is 165 Å². The number of nitrogens with zero attached hydrogens (tertiary/aromatic N) is 3. The second kappa shape index (κ2) is 5.83. The van der Waals surface area contributed by atoms with E-state index in [0.717, 1.165) is 18.5 Å². The Bertz CT molecular complexity index is 948. The number of rotatable bonds is 1. The van der Waals surface area contributed by atoms with Crippen molar-refractivity contribution < 1.29 is 19.5 Å². The number of hydrogen-bond acceptors (Lipinski definition) is 3. The lowest BCUT2D eigenvalue weighted by atomic mass is 9.75. The molecule has 1 aromatic heterocycles. The van der Waals surface area contributed by atoms with Gasteiger partial charge in [0.15, 0.2) is 13.1 Å². The van der Waals surface area contributed by atoms with E-state index in [0.29, 0.717) is 13.1 Å². The molecule has 148 valence electrons. The molecule has 6 nitrogen and oxygen atoms in total. The summed E-state index contributed by atoms with van der Waals surface area (Å²) in [5.74, 6) is 0.143. The van der Waals surface area contributed by atoms with Crippen molar-refractivity contribution >= 4 is 6.08 Å². The fraction of sp³-hybridized carbons (Fsp3) is 0.545. The fourth-order valence-electron chi connectivity index (χ4n) is 5.39. The molecule has 3 atom stereocenters. The number of aromatic nitrogens is 2. The highest BCUT2D eigenvalue weighted by atomic mass is 16.6. The lowest BCUT2D eigenvalue weighted by Gasteiger charge is -2.39. The maximum Gasteiger partial charge on any atom is 0.547 e. The van der Waals surface area contributed by atoms with Crippen molar-refractivity contribution in [3.8, 4) is 11.3 Å². The topological polar surface area (TPSA) is 70.5 Å². The van der Waals surface area contributed by atoms with Gasteiger partial charge in [-0.15, -0.1) is 0 Å². The Balaban J connectivity index is 1.40. The third-order valence-corrected chi connectivity index (χ3v) is 6.61. The molecular formula is C22H28N3O3+. The summed E-state index contributed by atoms with van der Waals surface area (Å²) in [5.41, 5.74) is 3.03. The normalized spacial score (nSPS) is 30.9. The number of imidazole rings is 1. The van der Waals surface area contributed by atoms with Gasteiger partial charge in [-0.3, -0.25) is 0 Å². The quantitative estimate of drug-likeness (QED) is 0.588. The summed E-state index contributed by atoms with van der Waals surface area (Å²) in [6.45, 7) is 7.02. The van der Waals surface area contributed by atoms with E-state index in [4.69, 9.17) is 4.74 Å². The molecule has 1 spiro atoms. The highest BCUT2D eigenvalue weighted by Gasteiger charge is 2.62. The van der Waals surface area contributed by atoms with Crippen molar-refractivity contribution in [2.45, 2.75) is 51.4 Å². The van der Waals surface area contributed by atoms with Gasteiger partial charge in [-0.1, -0.05) is 24.3 Å². The molecule has 0 bridgehead atoms. The van der Waals surface area contributed by atoms with Crippen LogP contribution in [0.4, 0.5) is 0 Å². The molecule has 1 unspecified atom stereocenters. The summed E-state index contributed by atoms with van der Waals surface area (Å²) >= 11 is 0. The predicted octanol–water partition coefficient (Wildman–Crippen LogP) is 2.97. The third kappa shape index (κ3) is 2.50. The van der Waals surface area contributed by atoms with Gasteiger partial charge in [0.1, 0.15) is 11.0 Å². The number of hydrogen-bond donors (Lipinski definition) is 2. The van der Waals surface area contributed by atoms with Crippen LogP contribution in [0.15, 0.2) is 36.8 Å². The lowest BCUT2D eigenvalue weighted by molar-refractivity contribution is -0.645. The molecule has 2 N–H and O–H groups in total. The SMILES string of the molecule is CC(C)(C)OC(O)=[N+]1CC2(CC[C@H]([C@H]3c4ccccc4-c4cncn43)C2O)C1. The standard InChI is InChI=1S/C22H27N3O3/c1-21(2,3)28-20(27)24-11-22(12-24)9-8-16(19(22)26)18-15-7-5-4-6-14(15)17-10-23-13-25(17)18/h4-7,10,13,16,18-19,26H,8-9,11-12H2,1-3H3/p+1/t16-,18-,19?/m1/s1. The summed E-state index contributed by atoms with van der Waals surface area (Å²) in [4.78, 5) is 4.35. The van der Waals surface area contributed by atoms with Gasteiger partial charge in [0.25, 0.3) is 0 Å². The van der Waals surface area contributed by atoms with E-state index in [1.165, 1.54) is 11.1 Å². The van der Waals surface area contributed by atoms with Crippen molar-refractivity contribution in [2.24, 2.45) is 11.3 Å². The maximum atomic E-state index is 11.3. The summed E-state index contributed by atoms with van der Waals surface area (Å²) in [6.07, 6.45) is 5.28. The third-order valence-electron chi connectivity index (χ3n) is 6.61. The first kappa shape index (κ1) is 17.7. The Morgan fingerprint density at radius 2 is 2.04 bits per heavy atom. The number of aliphatic hydroxyl groups excluding tert-OH is 2. The minimum atomic E-state index is -0.435.